The average Bonchev–Trinajstić information content (AvgIpc) is 3.57. The predicted molar refractivity (Wildman–Crippen MR) is 151 cm³/mol. The van der Waals surface area contributed by atoms with Gasteiger partial charge in [0.2, 0.25) is 0 Å². The number of imidazole rings is 1. The summed E-state index contributed by atoms with van der Waals surface area (Å²) in [7, 11) is 0. The molecule has 8 atom stereocenters. The number of nitrogens with zero attached hydrogens (tertiary/aromatic N) is 2. The Kier molecular flexibility index (Phi) is 10.5. The molecule has 0 radical (unpaired) electrons. The Morgan fingerprint density at radius 3 is 1.33 bits per heavy atom. The lowest BCUT2D eigenvalue weighted by Gasteiger charge is -2.24. The van der Waals surface area contributed by atoms with Gasteiger partial charge in [0.15, 0.2) is 48.0 Å². The zero-order chi connectivity index (χ0) is 35.6. The Hall–Kier alpha value is -5.31. The van der Waals surface area contributed by atoms with Gasteiger partial charge in [-0.15, -0.1) is 0 Å². The molecule has 2 aromatic heterocycles. The molecule has 0 aromatic carbocycles. The molecule has 0 unspecified atom stereocenters. The number of carbonyl (C=O) groups is 6. The number of hydrogen-bond donors (Lipinski definition) is 2. The molecule has 0 amide bonds. The Morgan fingerprint density at radius 1 is 0.562 bits per heavy atom. The predicted octanol–water partition coefficient (Wildman–Crippen LogP) is -2.17. The molecule has 0 spiro atoms. The first-order chi connectivity index (χ1) is 22.5. The number of nitrogens with one attached hydrogen (secondary N) is 2. The topological polar surface area (TPSA) is 269 Å². The van der Waals surface area contributed by atoms with Gasteiger partial charge in [-0.25, -0.2) is 14.2 Å². The van der Waals surface area contributed by atoms with Gasteiger partial charge in [-0.2, -0.15) is 0 Å². The molecule has 2 N–H and O–H groups in total. The second-order valence-electron chi connectivity index (χ2n) is 10.7. The third-order valence-corrected chi connectivity index (χ3v) is 6.99. The van der Waals surface area contributed by atoms with Crippen LogP contribution in [-0.4, -0.2) is 105 Å². The molecular weight excluding hydrogens is 652 g/mol. The van der Waals surface area contributed by atoms with E-state index in [1.54, 1.807) is 0 Å². The largest absolute Gasteiger partial charge is 0.463 e. The second-order valence-corrected chi connectivity index (χ2v) is 10.7. The van der Waals surface area contributed by atoms with E-state index in [1.165, 1.54) is 0 Å². The van der Waals surface area contributed by atoms with Crippen LogP contribution < -0.4 is 16.9 Å². The van der Waals surface area contributed by atoms with E-state index in [-0.39, 0.29) is 0 Å². The Bertz CT molecular complexity index is 1800. The standard InChI is InChI=1S/C27H32N4O17/c1-9(32)41-7-15-18(43-11(3)34)20(45-13(5)36)24(47-15)30-17-22(28-26(30)39)31(27(40)29-23(17)38)25-21(46-14(6)37)19(44-12(4)35)16(48-25)8-42-10(2)33/h15-16,18-21,24-25H,7-8H2,1-6H3,(H,28,39)(H,29,38,40)/t15-,16+,18+,19+,20+,21+,24-,25+/m1/s1. The Balaban J connectivity index is 1.91. The highest BCUT2D eigenvalue weighted by Crippen LogP contribution is 2.37. The summed E-state index contributed by atoms with van der Waals surface area (Å²) in [6.45, 7) is 5.26. The smallest absolute Gasteiger partial charge is 0.332 e. The van der Waals surface area contributed by atoms with Crippen LogP contribution in [0, 0.1) is 0 Å². The van der Waals surface area contributed by atoms with Crippen LogP contribution in [0.4, 0.5) is 0 Å². The highest BCUT2D eigenvalue weighted by Gasteiger charge is 2.54. The molecule has 21 nitrogen and oxygen atoms in total. The number of esters is 6. The van der Waals surface area contributed by atoms with Gasteiger partial charge >= 0.3 is 47.2 Å². The summed E-state index contributed by atoms with van der Waals surface area (Å²) in [6, 6.07) is 0. The Labute approximate surface area is 268 Å². The van der Waals surface area contributed by atoms with E-state index in [2.05, 4.69) is 4.98 Å². The maximum Gasteiger partial charge on any atom is 0.332 e. The normalized spacial score (nSPS) is 26.5. The molecule has 21 heteroatoms. The fourth-order valence-corrected chi connectivity index (χ4v) is 5.43. The van der Waals surface area contributed by atoms with Gasteiger partial charge in [-0.1, -0.05) is 0 Å². The van der Waals surface area contributed by atoms with Crippen molar-refractivity contribution in [3.63, 3.8) is 0 Å². The molecular formula is C27H32N4O17. The monoisotopic (exact) mass is 684 g/mol. The summed E-state index contributed by atoms with van der Waals surface area (Å²) >= 11 is 0. The van der Waals surface area contributed by atoms with Gasteiger partial charge in [0, 0.05) is 41.5 Å². The summed E-state index contributed by atoms with van der Waals surface area (Å²) in [5.41, 5.74) is -4.57. The first-order valence-corrected chi connectivity index (χ1v) is 14.3. The first kappa shape index (κ1) is 35.5. The van der Waals surface area contributed by atoms with Crippen LogP contribution in [0.15, 0.2) is 14.4 Å². The average molecular weight is 685 g/mol. The molecule has 48 heavy (non-hydrogen) atoms. The molecule has 0 saturated carbocycles. The van der Waals surface area contributed by atoms with Crippen LogP contribution in [0.2, 0.25) is 0 Å². The van der Waals surface area contributed by atoms with Crippen LogP contribution in [0.5, 0.6) is 0 Å². The molecule has 2 saturated heterocycles. The lowest BCUT2D eigenvalue weighted by molar-refractivity contribution is -0.166. The van der Waals surface area contributed by atoms with Gasteiger partial charge in [0.25, 0.3) is 5.56 Å². The van der Waals surface area contributed by atoms with E-state index in [4.69, 9.17) is 37.9 Å². The van der Waals surface area contributed by atoms with E-state index in [0.717, 1.165) is 41.5 Å². The summed E-state index contributed by atoms with van der Waals surface area (Å²) in [5, 5.41) is 0. The molecule has 2 aliphatic heterocycles. The van der Waals surface area contributed by atoms with Gasteiger partial charge in [0.05, 0.1) is 0 Å². The maximum atomic E-state index is 13.6. The molecule has 2 aliphatic rings. The van der Waals surface area contributed by atoms with E-state index in [1.807, 2.05) is 4.98 Å². The molecule has 4 rings (SSSR count). The molecule has 2 aromatic rings. The van der Waals surface area contributed by atoms with E-state index in [0.29, 0.717) is 9.13 Å². The van der Waals surface area contributed by atoms with Crippen molar-refractivity contribution in [2.75, 3.05) is 13.2 Å². The molecule has 262 valence electrons. The Morgan fingerprint density at radius 2 is 0.938 bits per heavy atom. The van der Waals surface area contributed by atoms with E-state index < -0.39 is 126 Å². The van der Waals surface area contributed by atoms with Crippen molar-refractivity contribution in [3.05, 3.63) is 31.3 Å². The number of ether oxygens (including phenoxy) is 8. The maximum absolute atomic E-state index is 13.6. The molecule has 4 heterocycles. The van der Waals surface area contributed by atoms with Crippen molar-refractivity contribution in [1.82, 2.24) is 19.1 Å². The van der Waals surface area contributed by atoms with Crippen molar-refractivity contribution in [3.8, 4) is 0 Å². The number of aromatic nitrogens is 4. The zero-order valence-electron chi connectivity index (χ0n) is 26.4. The number of H-pyrrole nitrogens is 2. The summed E-state index contributed by atoms with van der Waals surface area (Å²) < 4.78 is 44.5. The quantitative estimate of drug-likeness (QED) is 0.199. The zero-order valence-corrected chi connectivity index (χ0v) is 26.4. The van der Waals surface area contributed by atoms with Gasteiger partial charge in [0.1, 0.15) is 25.4 Å². The van der Waals surface area contributed by atoms with Gasteiger partial charge in [-0.3, -0.25) is 48.1 Å². The lowest BCUT2D eigenvalue weighted by atomic mass is 10.1. The number of carbonyl (C=O) groups excluding carboxylic acids is 6. The van der Waals surface area contributed by atoms with Crippen LogP contribution in [0.3, 0.4) is 0 Å². The van der Waals surface area contributed by atoms with Crippen LogP contribution in [0.25, 0.3) is 11.2 Å². The van der Waals surface area contributed by atoms with Gasteiger partial charge < -0.3 is 37.9 Å². The summed E-state index contributed by atoms with van der Waals surface area (Å²) in [5.74, 6) is -5.00. The minimum Gasteiger partial charge on any atom is -0.463 e. The SMILES string of the molecule is CC(=O)OC[C@@H]1O[C@H](n2c(=O)[nH]c(=O)c3c2[nH]c(=O)n3[C@@H]2O[C@H](COC(C)=O)[C@H](OC(C)=O)[C@@H]2OC(C)=O)[C@@H](OC(C)=O)[C@H]1OC(C)=O. The van der Waals surface area contributed by atoms with Crippen molar-refractivity contribution < 1.29 is 66.7 Å². The lowest BCUT2D eigenvalue weighted by Crippen LogP contribution is -2.43. The number of hydrogen-bond acceptors (Lipinski definition) is 17. The summed E-state index contributed by atoms with van der Waals surface area (Å²) in [4.78, 5) is 116. The van der Waals surface area contributed by atoms with Crippen LogP contribution >= 0.6 is 0 Å². The van der Waals surface area contributed by atoms with Gasteiger partial charge in [-0.05, 0) is 0 Å². The van der Waals surface area contributed by atoms with Crippen molar-refractivity contribution in [2.24, 2.45) is 0 Å². The first-order valence-electron chi connectivity index (χ1n) is 14.3. The van der Waals surface area contributed by atoms with Crippen LogP contribution in [0.1, 0.15) is 54.0 Å². The number of fused-ring (bicyclic) bond motifs is 1. The number of aromatic amines is 2. The van der Waals surface area contributed by atoms with E-state index in [9.17, 15) is 43.2 Å². The highest BCUT2D eigenvalue weighted by molar-refractivity contribution is 5.71. The van der Waals surface area contributed by atoms with Crippen molar-refractivity contribution in [2.45, 2.75) is 90.6 Å². The third-order valence-electron chi connectivity index (χ3n) is 6.99. The van der Waals surface area contributed by atoms with Crippen molar-refractivity contribution in [1.29, 1.82) is 0 Å². The fourth-order valence-electron chi connectivity index (χ4n) is 5.43. The minimum atomic E-state index is -1.72. The third kappa shape index (κ3) is 7.46. The minimum absolute atomic E-state index is 0.525. The van der Waals surface area contributed by atoms with Crippen LogP contribution in [-0.2, 0) is 66.7 Å². The molecule has 0 bridgehead atoms. The fraction of sp³-hybridized carbons (Fsp3) is 0.593. The number of rotatable bonds is 10. The highest BCUT2D eigenvalue weighted by atomic mass is 16.7. The molecule has 0 aliphatic carbocycles. The molecule has 2 fully saturated rings. The van der Waals surface area contributed by atoms with Crippen molar-refractivity contribution >= 4 is 47.0 Å². The van der Waals surface area contributed by atoms with E-state index >= 15 is 0 Å². The second kappa shape index (κ2) is 14.2. The summed E-state index contributed by atoms with van der Waals surface area (Å²) in [6.07, 6.45) is -12.1.